The second-order valence-electron chi connectivity index (χ2n) is 4.61. The molecule has 2 aromatic rings. The van der Waals surface area contributed by atoms with Crippen LogP contribution in [0.3, 0.4) is 0 Å². The molecule has 6 nitrogen and oxygen atoms in total. The third kappa shape index (κ3) is 3.88. The number of thioether (sulfide) groups is 1. The van der Waals surface area contributed by atoms with Crippen LogP contribution in [-0.2, 0) is 4.79 Å². The summed E-state index contributed by atoms with van der Waals surface area (Å²) < 4.78 is 5.35. The predicted molar refractivity (Wildman–Crippen MR) is 89.1 cm³/mol. The minimum absolute atomic E-state index is 0.126. The van der Waals surface area contributed by atoms with Crippen molar-refractivity contribution >= 4 is 34.9 Å². The first-order valence-electron chi connectivity index (χ1n) is 6.63. The van der Waals surface area contributed by atoms with Crippen molar-refractivity contribution in [3.05, 3.63) is 30.0 Å². The average molecular weight is 318 g/mol. The maximum atomic E-state index is 11.2. The van der Waals surface area contributed by atoms with E-state index in [0.29, 0.717) is 22.4 Å². The van der Waals surface area contributed by atoms with Gasteiger partial charge in [-0.05, 0) is 31.4 Å². The van der Waals surface area contributed by atoms with Crippen molar-refractivity contribution in [2.75, 3.05) is 24.0 Å². The molecule has 1 heterocycles. The van der Waals surface area contributed by atoms with Gasteiger partial charge in [-0.2, -0.15) is 0 Å². The Morgan fingerprint density at radius 3 is 2.77 bits per heavy atom. The second-order valence-corrected chi connectivity index (χ2v) is 5.38. The summed E-state index contributed by atoms with van der Waals surface area (Å²) in [4.78, 5) is 19.9. The van der Waals surface area contributed by atoms with Crippen LogP contribution >= 0.6 is 11.8 Å². The number of aryl methyl sites for hydroxylation is 1. The summed E-state index contributed by atoms with van der Waals surface area (Å²) in [5, 5.41) is 6.67. The quantitative estimate of drug-likeness (QED) is 0.651. The third-order valence-corrected chi connectivity index (χ3v) is 3.47. The molecule has 0 unspecified atom stereocenters. The van der Waals surface area contributed by atoms with E-state index in [2.05, 4.69) is 20.6 Å². The minimum atomic E-state index is -0.126. The number of aromatic nitrogens is 2. The monoisotopic (exact) mass is 318 g/mol. The van der Waals surface area contributed by atoms with Gasteiger partial charge in [-0.25, -0.2) is 9.97 Å². The van der Waals surface area contributed by atoms with Crippen LogP contribution in [0.1, 0.15) is 12.5 Å². The summed E-state index contributed by atoms with van der Waals surface area (Å²) >= 11 is 1.47. The first-order chi connectivity index (χ1) is 10.5. The fourth-order valence-corrected chi connectivity index (χ4v) is 2.21. The Hall–Kier alpha value is -2.28. The average Bonchev–Trinajstić information content (AvgIpc) is 2.49. The van der Waals surface area contributed by atoms with Gasteiger partial charge in [-0.1, -0.05) is 11.8 Å². The van der Waals surface area contributed by atoms with Crippen LogP contribution in [0.2, 0.25) is 0 Å². The van der Waals surface area contributed by atoms with Crippen molar-refractivity contribution in [1.82, 2.24) is 9.97 Å². The van der Waals surface area contributed by atoms with E-state index in [0.717, 1.165) is 11.3 Å². The largest absolute Gasteiger partial charge is 0.495 e. The number of nitrogens with one attached hydrogen (secondary N) is 2. The van der Waals surface area contributed by atoms with Gasteiger partial charge >= 0.3 is 0 Å². The number of ether oxygens (including phenoxy) is 1. The van der Waals surface area contributed by atoms with Gasteiger partial charge in [0.25, 0.3) is 0 Å². The number of hydrogen-bond donors (Lipinski definition) is 2. The lowest BCUT2D eigenvalue weighted by molar-refractivity contribution is -0.114. The topological polar surface area (TPSA) is 76.1 Å². The maximum Gasteiger partial charge on any atom is 0.221 e. The fourth-order valence-electron chi connectivity index (χ4n) is 1.87. The molecule has 116 valence electrons. The van der Waals surface area contributed by atoms with Crippen molar-refractivity contribution in [3.8, 4) is 5.75 Å². The molecular weight excluding hydrogens is 300 g/mol. The number of rotatable bonds is 5. The van der Waals surface area contributed by atoms with Crippen molar-refractivity contribution in [2.45, 2.75) is 19.0 Å². The fraction of sp³-hybridized carbons (Fsp3) is 0.267. The van der Waals surface area contributed by atoms with E-state index in [1.54, 1.807) is 31.5 Å². The van der Waals surface area contributed by atoms with Gasteiger partial charge in [0.05, 0.1) is 12.8 Å². The molecule has 0 aliphatic carbocycles. The van der Waals surface area contributed by atoms with Gasteiger partial charge in [0.2, 0.25) is 5.91 Å². The Bertz CT molecular complexity index is 691. The highest BCUT2D eigenvalue weighted by molar-refractivity contribution is 7.98. The number of hydrogen-bond acceptors (Lipinski definition) is 6. The molecule has 1 aromatic heterocycles. The Kier molecular flexibility index (Phi) is 5.21. The summed E-state index contributed by atoms with van der Waals surface area (Å²) in [5.74, 6) is 1.24. The summed E-state index contributed by atoms with van der Waals surface area (Å²) in [6.45, 7) is 3.40. The van der Waals surface area contributed by atoms with Gasteiger partial charge in [0, 0.05) is 24.4 Å². The molecule has 0 saturated heterocycles. The van der Waals surface area contributed by atoms with Crippen molar-refractivity contribution in [2.24, 2.45) is 0 Å². The van der Waals surface area contributed by atoms with Gasteiger partial charge in [-0.15, -0.1) is 0 Å². The van der Waals surface area contributed by atoms with Crippen LogP contribution in [0.4, 0.5) is 17.2 Å². The molecule has 0 atom stereocenters. The standard InChI is InChI=1S/C15H18N4O2S/c1-9-8-16-15(22-4)19-14(9)18-12-7-11(17-10(2)20)5-6-13(12)21-3/h5-8H,1-4H3,(H,17,20)(H,16,18,19). The molecule has 0 saturated carbocycles. The van der Waals surface area contributed by atoms with E-state index >= 15 is 0 Å². The predicted octanol–water partition coefficient (Wildman–Crippen LogP) is 3.22. The summed E-state index contributed by atoms with van der Waals surface area (Å²) in [6.07, 6.45) is 3.69. The van der Waals surface area contributed by atoms with Gasteiger partial charge in [0.15, 0.2) is 5.16 Å². The van der Waals surface area contributed by atoms with Crippen molar-refractivity contribution < 1.29 is 9.53 Å². The highest BCUT2D eigenvalue weighted by atomic mass is 32.2. The zero-order valence-electron chi connectivity index (χ0n) is 12.9. The molecule has 0 bridgehead atoms. The molecule has 0 fully saturated rings. The van der Waals surface area contributed by atoms with Gasteiger partial charge < -0.3 is 15.4 Å². The Labute approximate surface area is 133 Å². The lowest BCUT2D eigenvalue weighted by Crippen LogP contribution is -2.07. The molecule has 1 aromatic carbocycles. The SMILES string of the molecule is COc1ccc(NC(C)=O)cc1Nc1nc(SC)ncc1C. The van der Waals surface area contributed by atoms with E-state index in [4.69, 9.17) is 4.74 Å². The second kappa shape index (κ2) is 7.13. The van der Waals surface area contributed by atoms with Crippen molar-refractivity contribution in [1.29, 1.82) is 0 Å². The number of anilines is 3. The number of amides is 1. The van der Waals surface area contributed by atoms with E-state index in [-0.39, 0.29) is 5.91 Å². The normalized spacial score (nSPS) is 10.2. The zero-order valence-corrected chi connectivity index (χ0v) is 13.7. The van der Waals surface area contributed by atoms with E-state index in [1.807, 2.05) is 13.2 Å². The Morgan fingerprint density at radius 1 is 1.36 bits per heavy atom. The minimum Gasteiger partial charge on any atom is -0.495 e. The molecular formula is C15H18N4O2S. The van der Waals surface area contributed by atoms with E-state index in [1.165, 1.54) is 18.7 Å². The number of carbonyl (C=O) groups excluding carboxylic acids is 1. The van der Waals surface area contributed by atoms with Gasteiger partial charge in [0.1, 0.15) is 11.6 Å². The maximum absolute atomic E-state index is 11.2. The molecule has 2 N–H and O–H groups in total. The number of nitrogens with zero attached hydrogens (tertiary/aromatic N) is 2. The lowest BCUT2D eigenvalue weighted by atomic mass is 10.2. The van der Waals surface area contributed by atoms with Crippen LogP contribution in [0.5, 0.6) is 5.75 Å². The highest BCUT2D eigenvalue weighted by Gasteiger charge is 2.09. The highest BCUT2D eigenvalue weighted by Crippen LogP contribution is 2.31. The lowest BCUT2D eigenvalue weighted by Gasteiger charge is -2.14. The number of carbonyl (C=O) groups is 1. The zero-order chi connectivity index (χ0) is 16.1. The van der Waals surface area contributed by atoms with E-state index < -0.39 is 0 Å². The Balaban J connectivity index is 2.36. The summed E-state index contributed by atoms with van der Waals surface area (Å²) in [7, 11) is 1.60. The molecule has 0 spiro atoms. The van der Waals surface area contributed by atoms with Crippen LogP contribution in [-0.4, -0.2) is 29.2 Å². The molecule has 22 heavy (non-hydrogen) atoms. The first-order valence-corrected chi connectivity index (χ1v) is 7.86. The van der Waals surface area contributed by atoms with Crippen LogP contribution in [0.15, 0.2) is 29.6 Å². The molecule has 2 rings (SSSR count). The molecule has 0 radical (unpaired) electrons. The summed E-state index contributed by atoms with van der Waals surface area (Å²) in [6, 6.07) is 5.38. The molecule has 7 heteroatoms. The molecule has 0 aliphatic heterocycles. The van der Waals surface area contributed by atoms with Crippen LogP contribution in [0.25, 0.3) is 0 Å². The third-order valence-electron chi connectivity index (χ3n) is 2.91. The van der Waals surface area contributed by atoms with Crippen LogP contribution in [0, 0.1) is 6.92 Å². The molecule has 0 aliphatic rings. The summed E-state index contributed by atoms with van der Waals surface area (Å²) in [5.41, 5.74) is 2.33. The number of methoxy groups -OCH3 is 1. The van der Waals surface area contributed by atoms with Crippen LogP contribution < -0.4 is 15.4 Å². The van der Waals surface area contributed by atoms with Gasteiger partial charge in [-0.3, -0.25) is 4.79 Å². The smallest absolute Gasteiger partial charge is 0.221 e. The van der Waals surface area contributed by atoms with Crippen molar-refractivity contribution in [3.63, 3.8) is 0 Å². The Morgan fingerprint density at radius 2 is 2.14 bits per heavy atom. The number of benzene rings is 1. The van der Waals surface area contributed by atoms with E-state index in [9.17, 15) is 4.79 Å². The first kappa shape index (κ1) is 16.1. The molecule has 1 amide bonds.